The van der Waals surface area contributed by atoms with E-state index >= 15 is 0 Å². The number of pyridine rings is 1. The fourth-order valence-corrected chi connectivity index (χ4v) is 4.09. The van der Waals surface area contributed by atoms with Crippen molar-refractivity contribution in [2.45, 2.75) is 64.8 Å². The van der Waals surface area contributed by atoms with Crippen LogP contribution >= 0.6 is 0 Å². The molecular formula is C22H31N5O5. The van der Waals surface area contributed by atoms with E-state index < -0.39 is 24.2 Å². The Kier molecular flexibility index (Phi) is 7.44. The van der Waals surface area contributed by atoms with Crippen LogP contribution in [0.5, 0.6) is 0 Å². The molecule has 3 heterocycles. The molecule has 0 bridgehead atoms. The molecule has 0 aliphatic carbocycles. The Hall–Kier alpha value is -3.01. The Morgan fingerprint density at radius 1 is 1.22 bits per heavy atom. The van der Waals surface area contributed by atoms with E-state index in [-0.39, 0.29) is 49.6 Å². The van der Waals surface area contributed by atoms with Crippen LogP contribution in [-0.4, -0.2) is 74.9 Å². The summed E-state index contributed by atoms with van der Waals surface area (Å²) in [5, 5.41) is 1.25. The molecule has 1 aromatic heterocycles. The minimum Gasteiger partial charge on any atom is -0.370 e. The Balaban J connectivity index is 1.83. The molecule has 10 heteroatoms. The molecule has 174 valence electrons. The SMILES string of the molecule is CC(C)C[C@H]1ON(C(=O)CCc2ccccn2)C2CN(CCC(N)=O)C(=O)[C@H](C)N2C1=O. The molecular weight excluding hydrogens is 414 g/mol. The zero-order valence-electron chi connectivity index (χ0n) is 18.8. The van der Waals surface area contributed by atoms with Crippen molar-refractivity contribution in [3.05, 3.63) is 30.1 Å². The third kappa shape index (κ3) is 5.24. The highest BCUT2D eigenvalue weighted by Gasteiger charge is 2.51. The standard InChI is InChI=1S/C22H31N5O5/c1-14(2)12-17-22(31)26-15(3)21(30)25(11-9-18(23)28)13-19(26)27(32-17)20(29)8-7-16-6-4-5-10-24-16/h4-6,10,14-15,17,19H,7-9,11-13H2,1-3H3,(H2,23,28)/t15-,17+,19?/m0/s1. The van der Waals surface area contributed by atoms with E-state index in [1.54, 1.807) is 19.2 Å². The molecule has 2 N–H and O–H groups in total. The Morgan fingerprint density at radius 3 is 2.59 bits per heavy atom. The van der Waals surface area contributed by atoms with Crippen LogP contribution in [-0.2, 0) is 30.4 Å². The molecule has 1 aromatic rings. The van der Waals surface area contributed by atoms with Crippen LogP contribution in [0, 0.1) is 5.92 Å². The van der Waals surface area contributed by atoms with Gasteiger partial charge in [0.15, 0.2) is 12.3 Å². The summed E-state index contributed by atoms with van der Waals surface area (Å²) >= 11 is 0. The molecule has 0 radical (unpaired) electrons. The van der Waals surface area contributed by atoms with Crippen molar-refractivity contribution >= 4 is 23.6 Å². The Labute approximate surface area is 187 Å². The maximum Gasteiger partial charge on any atom is 0.256 e. The van der Waals surface area contributed by atoms with Gasteiger partial charge in [-0.25, -0.2) is 0 Å². The molecule has 3 rings (SSSR count). The summed E-state index contributed by atoms with van der Waals surface area (Å²) in [7, 11) is 0. The minimum atomic E-state index is -0.836. The van der Waals surface area contributed by atoms with Gasteiger partial charge in [-0.1, -0.05) is 19.9 Å². The monoisotopic (exact) mass is 445 g/mol. The van der Waals surface area contributed by atoms with Crippen molar-refractivity contribution in [2.24, 2.45) is 11.7 Å². The van der Waals surface area contributed by atoms with Crippen molar-refractivity contribution < 1.29 is 24.0 Å². The van der Waals surface area contributed by atoms with Crippen molar-refractivity contribution in [3.63, 3.8) is 0 Å². The molecule has 0 spiro atoms. The quantitative estimate of drug-likeness (QED) is 0.620. The number of carbonyl (C=O) groups is 4. The number of nitrogens with zero attached hydrogens (tertiary/aromatic N) is 4. The lowest BCUT2D eigenvalue weighted by Gasteiger charge is -2.52. The van der Waals surface area contributed by atoms with Gasteiger partial charge in [0, 0.05) is 31.3 Å². The first kappa shape index (κ1) is 23.6. The predicted octanol–water partition coefficient (Wildman–Crippen LogP) is 0.464. The molecule has 0 saturated carbocycles. The molecule has 4 amide bonds. The number of hydrogen-bond donors (Lipinski definition) is 1. The van der Waals surface area contributed by atoms with Gasteiger partial charge in [-0.05, 0) is 37.8 Å². The third-order valence-electron chi connectivity index (χ3n) is 5.71. The van der Waals surface area contributed by atoms with E-state index in [1.165, 1.54) is 14.9 Å². The van der Waals surface area contributed by atoms with Gasteiger partial charge in [0.05, 0.1) is 6.54 Å². The minimum absolute atomic E-state index is 0.00355. The van der Waals surface area contributed by atoms with Crippen LogP contribution in [0.15, 0.2) is 24.4 Å². The second kappa shape index (κ2) is 10.1. The van der Waals surface area contributed by atoms with Crippen LogP contribution in [0.25, 0.3) is 0 Å². The highest BCUT2D eigenvalue weighted by molar-refractivity contribution is 5.92. The van der Waals surface area contributed by atoms with Crippen LogP contribution < -0.4 is 5.73 Å². The summed E-state index contributed by atoms with van der Waals surface area (Å²) < 4.78 is 0. The summed E-state index contributed by atoms with van der Waals surface area (Å²) in [6, 6.07) is 4.72. The average Bonchev–Trinajstić information content (AvgIpc) is 2.75. The topological polar surface area (TPSA) is 126 Å². The molecule has 1 unspecified atom stereocenters. The lowest BCUT2D eigenvalue weighted by Crippen LogP contribution is -2.73. The smallest absolute Gasteiger partial charge is 0.256 e. The first-order valence-corrected chi connectivity index (χ1v) is 11.0. The fourth-order valence-electron chi connectivity index (χ4n) is 4.09. The van der Waals surface area contributed by atoms with Gasteiger partial charge in [-0.3, -0.25) is 29.0 Å². The van der Waals surface area contributed by atoms with Gasteiger partial charge in [0.2, 0.25) is 17.7 Å². The maximum atomic E-state index is 13.2. The van der Waals surface area contributed by atoms with Crippen LogP contribution in [0.4, 0.5) is 0 Å². The second-order valence-corrected chi connectivity index (χ2v) is 8.67. The summed E-state index contributed by atoms with van der Waals surface area (Å²) in [5.41, 5.74) is 6.02. The number of hydroxylamine groups is 2. The average molecular weight is 446 g/mol. The molecule has 3 atom stereocenters. The van der Waals surface area contributed by atoms with Gasteiger partial charge in [-0.15, -0.1) is 0 Å². The number of piperazine rings is 1. The van der Waals surface area contributed by atoms with Crippen LogP contribution in [0.3, 0.4) is 0 Å². The van der Waals surface area contributed by atoms with E-state index in [2.05, 4.69) is 4.98 Å². The van der Waals surface area contributed by atoms with Gasteiger partial charge < -0.3 is 15.5 Å². The molecule has 0 aromatic carbocycles. The summed E-state index contributed by atoms with van der Waals surface area (Å²) in [6.07, 6.45) is 1.08. The molecule has 2 aliphatic rings. The predicted molar refractivity (Wildman–Crippen MR) is 114 cm³/mol. The number of rotatable bonds is 8. The number of fused-ring (bicyclic) bond motifs is 1. The van der Waals surface area contributed by atoms with E-state index in [0.717, 1.165) is 5.69 Å². The normalized spacial score (nSPS) is 23.5. The number of aryl methyl sites for hydroxylation is 1. The van der Waals surface area contributed by atoms with Crippen LogP contribution in [0.2, 0.25) is 0 Å². The van der Waals surface area contributed by atoms with Gasteiger partial charge in [-0.2, -0.15) is 5.06 Å². The highest BCUT2D eigenvalue weighted by Crippen LogP contribution is 2.30. The van der Waals surface area contributed by atoms with E-state index in [4.69, 9.17) is 10.6 Å². The van der Waals surface area contributed by atoms with Crippen molar-refractivity contribution in [1.82, 2.24) is 19.8 Å². The zero-order chi connectivity index (χ0) is 23.4. The van der Waals surface area contributed by atoms with Gasteiger partial charge >= 0.3 is 0 Å². The molecule has 2 saturated heterocycles. The van der Waals surface area contributed by atoms with Gasteiger partial charge in [0.1, 0.15) is 6.04 Å². The highest BCUT2D eigenvalue weighted by atomic mass is 16.7. The summed E-state index contributed by atoms with van der Waals surface area (Å²) in [6.45, 7) is 5.75. The lowest BCUT2D eigenvalue weighted by molar-refractivity contribution is -0.276. The number of primary amides is 1. The largest absolute Gasteiger partial charge is 0.370 e. The maximum absolute atomic E-state index is 13.2. The van der Waals surface area contributed by atoms with E-state index in [0.29, 0.717) is 12.8 Å². The third-order valence-corrected chi connectivity index (χ3v) is 5.71. The number of hydrogen-bond acceptors (Lipinski definition) is 6. The van der Waals surface area contributed by atoms with E-state index in [1.807, 2.05) is 26.0 Å². The van der Waals surface area contributed by atoms with E-state index in [9.17, 15) is 19.2 Å². The summed E-state index contributed by atoms with van der Waals surface area (Å²) in [5.74, 6) is -1.23. The number of nitrogens with two attached hydrogens (primary N) is 1. The van der Waals surface area contributed by atoms with Crippen LogP contribution in [0.1, 0.15) is 45.7 Å². The second-order valence-electron chi connectivity index (χ2n) is 8.67. The first-order chi connectivity index (χ1) is 15.2. The van der Waals surface area contributed by atoms with Crippen molar-refractivity contribution in [2.75, 3.05) is 13.1 Å². The summed E-state index contributed by atoms with van der Waals surface area (Å²) in [4.78, 5) is 63.6. The lowest BCUT2D eigenvalue weighted by atomic mass is 10.0. The molecule has 2 fully saturated rings. The Bertz CT molecular complexity index is 862. The number of amides is 4. The number of carbonyl (C=O) groups excluding carboxylic acids is 4. The fraction of sp³-hybridized carbons (Fsp3) is 0.591. The molecule has 32 heavy (non-hydrogen) atoms. The van der Waals surface area contributed by atoms with Crippen molar-refractivity contribution in [1.29, 1.82) is 0 Å². The van der Waals surface area contributed by atoms with Crippen molar-refractivity contribution in [3.8, 4) is 0 Å². The first-order valence-electron chi connectivity index (χ1n) is 11.0. The molecule has 10 nitrogen and oxygen atoms in total. The molecule has 2 aliphatic heterocycles. The van der Waals surface area contributed by atoms with Gasteiger partial charge in [0.25, 0.3) is 5.91 Å². The number of aromatic nitrogens is 1. The Morgan fingerprint density at radius 2 is 1.97 bits per heavy atom. The zero-order valence-corrected chi connectivity index (χ0v) is 18.8.